The molecular formula is C14H15FN2O3S. The molecule has 1 aromatic heterocycles. The lowest BCUT2D eigenvalue weighted by Crippen LogP contribution is -2.37. The van der Waals surface area contributed by atoms with E-state index < -0.39 is 12.1 Å². The molecule has 1 unspecified atom stereocenters. The van der Waals surface area contributed by atoms with Crippen LogP contribution in [-0.2, 0) is 0 Å². The second kappa shape index (κ2) is 7.61. The molecule has 1 atom stereocenters. The predicted octanol–water partition coefficient (Wildman–Crippen LogP) is 2.45. The van der Waals surface area contributed by atoms with Gasteiger partial charge in [-0.3, -0.25) is 0 Å². The van der Waals surface area contributed by atoms with Gasteiger partial charge in [-0.25, -0.2) is 9.18 Å². The molecule has 21 heavy (non-hydrogen) atoms. The fraction of sp³-hybridized carbons (Fsp3) is 0.214. The molecule has 0 aliphatic rings. The zero-order valence-electron chi connectivity index (χ0n) is 11.1. The van der Waals surface area contributed by atoms with Crippen LogP contribution in [-0.4, -0.2) is 30.4 Å². The molecule has 0 aliphatic heterocycles. The van der Waals surface area contributed by atoms with Gasteiger partial charge in [0, 0.05) is 11.9 Å². The fourth-order valence-corrected chi connectivity index (χ4v) is 2.09. The first-order chi connectivity index (χ1) is 10.1. The minimum atomic E-state index is -0.858. The monoisotopic (exact) mass is 310 g/mol. The fourth-order valence-electron chi connectivity index (χ4n) is 1.50. The summed E-state index contributed by atoms with van der Waals surface area (Å²) in [6, 6.07) is 6.87. The third-order valence-corrected chi connectivity index (χ3v) is 3.22. The van der Waals surface area contributed by atoms with Crippen LogP contribution in [0.1, 0.15) is 0 Å². The minimum absolute atomic E-state index is 0.00433. The average molecular weight is 310 g/mol. The smallest absolute Gasteiger partial charge is 0.319 e. The Kier molecular flexibility index (Phi) is 5.53. The Morgan fingerprint density at radius 1 is 1.33 bits per heavy atom. The van der Waals surface area contributed by atoms with Gasteiger partial charge in [0.25, 0.3) is 0 Å². The highest BCUT2D eigenvalue weighted by Crippen LogP contribution is 2.12. The summed E-state index contributed by atoms with van der Waals surface area (Å²) in [4.78, 5) is 11.5. The second-order valence-electron chi connectivity index (χ2n) is 4.27. The molecule has 0 bridgehead atoms. The molecule has 2 aromatic rings. The van der Waals surface area contributed by atoms with Crippen molar-refractivity contribution in [2.24, 2.45) is 0 Å². The molecule has 0 saturated heterocycles. The van der Waals surface area contributed by atoms with E-state index in [1.807, 2.05) is 5.38 Å². The number of hydrogen-bond acceptors (Lipinski definition) is 4. The van der Waals surface area contributed by atoms with Crippen LogP contribution in [0.5, 0.6) is 5.75 Å². The van der Waals surface area contributed by atoms with Crippen LogP contribution < -0.4 is 15.4 Å². The molecule has 3 N–H and O–H groups in total. The van der Waals surface area contributed by atoms with Gasteiger partial charge < -0.3 is 20.5 Å². The van der Waals surface area contributed by atoms with E-state index in [0.29, 0.717) is 11.4 Å². The number of halogens is 1. The van der Waals surface area contributed by atoms with E-state index in [-0.39, 0.29) is 19.0 Å². The Hall–Kier alpha value is -2.12. The van der Waals surface area contributed by atoms with Crippen molar-refractivity contribution in [2.75, 3.05) is 18.5 Å². The van der Waals surface area contributed by atoms with E-state index in [1.54, 1.807) is 11.4 Å². The van der Waals surface area contributed by atoms with E-state index >= 15 is 0 Å². The third kappa shape index (κ3) is 5.41. The number of thiophene rings is 1. The van der Waals surface area contributed by atoms with Gasteiger partial charge in [-0.05, 0) is 35.7 Å². The number of aliphatic hydroxyl groups is 1. The van der Waals surface area contributed by atoms with Crippen molar-refractivity contribution in [3.63, 3.8) is 0 Å². The molecule has 7 heteroatoms. The van der Waals surface area contributed by atoms with Gasteiger partial charge in [0.15, 0.2) is 0 Å². The number of ether oxygens (including phenoxy) is 1. The van der Waals surface area contributed by atoms with Crippen LogP contribution in [0.25, 0.3) is 0 Å². The van der Waals surface area contributed by atoms with Gasteiger partial charge in [0.05, 0.1) is 5.69 Å². The second-order valence-corrected chi connectivity index (χ2v) is 5.05. The van der Waals surface area contributed by atoms with Crippen LogP contribution >= 0.6 is 11.3 Å². The van der Waals surface area contributed by atoms with Crippen LogP contribution in [0.15, 0.2) is 41.1 Å². The number of carbonyl (C=O) groups is 1. The minimum Gasteiger partial charge on any atom is -0.491 e. The number of rotatable bonds is 6. The van der Waals surface area contributed by atoms with Crippen molar-refractivity contribution in [1.29, 1.82) is 0 Å². The molecule has 0 radical (unpaired) electrons. The van der Waals surface area contributed by atoms with Gasteiger partial charge in [0.2, 0.25) is 0 Å². The highest BCUT2D eigenvalue weighted by molar-refractivity contribution is 7.08. The summed E-state index contributed by atoms with van der Waals surface area (Å²) in [6.07, 6.45) is -0.858. The van der Waals surface area contributed by atoms with Crippen molar-refractivity contribution in [2.45, 2.75) is 6.10 Å². The molecule has 112 valence electrons. The van der Waals surface area contributed by atoms with Crippen LogP contribution in [0.4, 0.5) is 14.9 Å². The lowest BCUT2D eigenvalue weighted by Gasteiger charge is -2.13. The quantitative estimate of drug-likeness (QED) is 0.767. The van der Waals surface area contributed by atoms with Gasteiger partial charge in [0.1, 0.15) is 24.3 Å². The number of urea groups is 1. The summed E-state index contributed by atoms with van der Waals surface area (Å²) >= 11 is 1.47. The summed E-state index contributed by atoms with van der Waals surface area (Å²) in [6.45, 7) is 0.0571. The summed E-state index contributed by atoms with van der Waals surface area (Å²) < 4.78 is 18.0. The summed E-state index contributed by atoms with van der Waals surface area (Å²) in [5.74, 6) is 0.104. The van der Waals surface area contributed by atoms with Crippen LogP contribution in [0, 0.1) is 5.82 Å². The maximum Gasteiger partial charge on any atom is 0.319 e. The first-order valence-corrected chi connectivity index (χ1v) is 7.21. The first-order valence-electron chi connectivity index (χ1n) is 6.27. The third-order valence-electron chi connectivity index (χ3n) is 2.53. The molecule has 5 nitrogen and oxygen atoms in total. The Morgan fingerprint density at radius 2 is 2.10 bits per heavy atom. The summed E-state index contributed by atoms with van der Waals surface area (Å²) in [7, 11) is 0. The normalized spacial score (nSPS) is 11.7. The summed E-state index contributed by atoms with van der Waals surface area (Å²) in [5.41, 5.74) is 0.703. The maximum absolute atomic E-state index is 12.7. The SMILES string of the molecule is O=C(NCC(O)COc1ccc(F)cc1)Nc1ccsc1. The van der Waals surface area contributed by atoms with Crippen LogP contribution in [0.2, 0.25) is 0 Å². The Labute approximate surface area is 125 Å². The van der Waals surface area contributed by atoms with Crippen LogP contribution in [0.3, 0.4) is 0 Å². The zero-order valence-corrected chi connectivity index (χ0v) is 11.9. The first kappa shape index (κ1) is 15.3. The van der Waals surface area contributed by atoms with E-state index in [9.17, 15) is 14.3 Å². The van der Waals surface area contributed by atoms with Gasteiger partial charge in [-0.15, -0.1) is 0 Å². The predicted molar refractivity (Wildman–Crippen MR) is 79.2 cm³/mol. The van der Waals surface area contributed by atoms with E-state index in [1.165, 1.54) is 35.6 Å². The van der Waals surface area contributed by atoms with Crippen molar-refractivity contribution in [3.8, 4) is 5.75 Å². The van der Waals surface area contributed by atoms with Crippen molar-refractivity contribution >= 4 is 23.1 Å². The van der Waals surface area contributed by atoms with E-state index in [2.05, 4.69) is 10.6 Å². The largest absolute Gasteiger partial charge is 0.491 e. The number of nitrogens with one attached hydrogen (secondary N) is 2. The zero-order chi connectivity index (χ0) is 15.1. The molecule has 0 saturated carbocycles. The molecule has 1 heterocycles. The van der Waals surface area contributed by atoms with Gasteiger partial charge >= 0.3 is 6.03 Å². The van der Waals surface area contributed by atoms with Gasteiger partial charge in [-0.1, -0.05) is 0 Å². The maximum atomic E-state index is 12.7. The molecular weight excluding hydrogens is 295 g/mol. The highest BCUT2D eigenvalue weighted by atomic mass is 32.1. The molecule has 1 aromatic carbocycles. The van der Waals surface area contributed by atoms with Crippen molar-refractivity contribution in [1.82, 2.24) is 5.32 Å². The lowest BCUT2D eigenvalue weighted by atomic mass is 10.3. The lowest BCUT2D eigenvalue weighted by molar-refractivity contribution is 0.108. The Morgan fingerprint density at radius 3 is 2.76 bits per heavy atom. The van der Waals surface area contributed by atoms with Crippen molar-refractivity contribution in [3.05, 3.63) is 46.9 Å². The highest BCUT2D eigenvalue weighted by Gasteiger charge is 2.08. The number of amides is 2. The number of benzene rings is 1. The molecule has 2 amide bonds. The molecule has 2 rings (SSSR count). The van der Waals surface area contributed by atoms with E-state index in [0.717, 1.165) is 0 Å². The van der Waals surface area contributed by atoms with Gasteiger partial charge in [-0.2, -0.15) is 11.3 Å². The standard InChI is InChI=1S/C14H15FN2O3S/c15-10-1-3-13(4-2-10)20-8-12(18)7-16-14(19)17-11-5-6-21-9-11/h1-6,9,12,18H,7-8H2,(H2,16,17,19). The summed E-state index contributed by atoms with van der Waals surface area (Å²) in [5, 5.41) is 18.5. The molecule has 0 fully saturated rings. The number of aliphatic hydroxyl groups excluding tert-OH is 1. The number of anilines is 1. The van der Waals surface area contributed by atoms with E-state index in [4.69, 9.17) is 4.74 Å². The molecule has 0 aliphatic carbocycles. The number of carbonyl (C=O) groups excluding carboxylic acids is 1. The average Bonchev–Trinajstić information content (AvgIpc) is 2.97. The molecule has 0 spiro atoms. The topological polar surface area (TPSA) is 70.6 Å². The Bertz CT molecular complexity index is 560. The van der Waals surface area contributed by atoms with Crippen molar-refractivity contribution < 1.29 is 19.0 Å². The Balaban J connectivity index is 1.66. The number of hydrogen-bond donors (Lipinski definition) is 3.